The largest absolute Gasteiger partial charge is 0.496 e. The van der Waals surface area contributed by atoms with Crippen LogP contribution in [0.3, 0.4) is 0 Å². The topological polar surface area (TPSA) is 53.1 Å². The molecular weight excluding hydrogens is 397 g/mol. The van der Waals surface area contributed by atoms with E-state index in [0.717, 1.165) is 24.1 Å². The number of rotatable bonds is 6. The van der Waals surface area contributed by atoms with Gasteiger partial charge in [0.15, 0.2) is 0 Å². The van der Waals surface area contributed by atoms with Crippen molar-refractivity contribution in [1.82, 2.24) is 14.7 Å². The standard InChI is InChI=1S/C24H28FN3O3/c1-31-22-8-7-21(25)15-20(22)17-26-10-12-27(13-11-26)24(30)19-5-2-4-18(14-19)16-28-9-3-6-23(28)29/h2,4-5,7-8,14-15H,3,6,9-13,16-17H2,1H3. The predicted molar refractivity (Wildman–Crippen MR) is 115 cm³/mol. The quantitative estimate of drug-likeness (QED) is 0.714. The summed E-state index contributed by atoms with van der Waals surface area (Å²) in [4.78, 5) is 30.8. The first kappa shape index (κ1) is 21.3. The van der Waals surface area contributed by atoms with Crippen molar-refractivity contribution < 1.29 is 18.7 Å². The van der Waals surface area contributed by atoms with Gasteiger partial charge in [-0.25, -0.2) is 4.39 Å². The van der Waals surface area contributed by atoms with Crippen molar-refractivity contribution in [2.24, 2.45) is 0 Å². The summed E-state index contributed by atoms with van der Waals surface area (Å²) in [5.74, 6) is 0.591. The number of benzene rings is 2. The van der Waals surface area contributed by atoms with Crippen molar-refractivity contribution in [1.29, 1.82) is 0 Å². The molecule has 164 valence electrons. The van der Waals surface area contributed by atoms with Crippen molar-refractivity contribution in [3.05, 3.63) is 65.0 Å². The van der Waals surface area contributed by atoms with Crippen molar-refractivity contribution in [2.45, 2.75) is 25.9 Å². The van der Waals surface area contributed by atoms with Crippen LogP contribution in [0.4, 0.5) is 4.39 Å². The van der Waals surface area contributed by atoms with Gasteiger partial charge in [-0.15, -0.1) is 0 Å². The number of nitrogens with zero attached hydrogens (tertiary/aromatic N) is 3. The lowest BCUT2D eigenvalue weighted by atomic mass is 10.1. The van der Waals surface area contributed by atoms with Gasteiger partial charge in [0.1, 0.15) is 11.6 Å². The molecular formula is C24H28FN3O3. The zero-order chi connectivity index (χ0) is 21.8. The molecule has 0 unspecified atom stereocenters. The van der Waals surface area contributed by atoms with Crippen LogP contribution < -0.4 is 4.74 Å². The van der Waals surface area contributed by atoms with E-state index in [0.29, 0.717) is 57.0 Å². The maximum Gasteiger partial charge on any atom is 0.253 e. The minimum Gasteiger partial charge on any atom is -0.496 e. The highest BCUT2D eigenvalue weighted by Crippen LogP contribution is 2.22. The van der Waals surface area contributed by atoms with Crippen LogP contribution in [0.1, 0.15) is 34.3 Å². The lowest BCUT2D eigenvalue weighted by Gasteiger charge is -2.35. The Labute approximate surface area is 182 Å². The van der Waals surface area contributed by atoms with Gasteiger partial charge in [0.05, 0.1) is 7.11 Å². The molecule has 0 saturated carbocycles. The fourth-order valence-electron chi connectivity index (χ4n) is 4.30. The molecule has 0 bridgehead atoms. The van der Waals surface area contributed by atoms with E-state index in [1.807, 2.05) is 34.1 Å². The second-order valence-electron chi connectivity index (χ2n) is 8.14. The van der Waals surface area contributed by atoms with E-state index in [9.17, 15) is 14.0 Å². The van der Waals surface area contributed by atoms with Gasteiger partial charge >= 0.3 is 0 Å². The first-order valence-electron chi connectivity index (χ1n) is 10.7. The number of likely N-dealkylation sites (tertiary alicyclic amines) is 1. The Bertz CT molecular complexity index is 957. The van der Waals surface area contributed by atoms with Gasteiger partial charge in [-0.05, 0) is 42.3 Å². The molecule has 2 heterocycles. The van der Waals surface area contributed by atoms with Crippen LogP contribution in [-0.4, -0.2) is 66.3 Å². The molecule has 2 aromatic carbocycles. The minimum atomic E-state index is -0.278. The van der Waals surface area contributed by atoms with Crippen LogP contribution in [0.25, 0.3) is 0 Å². The third-order valence-corrected chi connectivity index (χ3v) is 6.01. The minimum absolute atomic E-state index is 0.0117. The average Bonchev–Trinajstić information content (AvgIpc) is 3.18. The number of amides is 2. The van der Waals surface area contributed by atoms with E-state index in [-0.39, 0.29) is 17.6 Å². The number of piperazine rings is 1. The maximum absolute atomic E-state index is 13.6. The summed E-state index contributed by atoms with van der Waals surface area (Å²) < 4.78 is 19.0. The Balaban J connectivity index is 1.35. The molecule has 31 heavy (non-hydrogen) atoms. The molecule has 0 radical (unpaired) electrons. The van der Waals surface area contributed by atoms with Crippen molar-refractivity contribution in [3.63, 3.8) is 0 Å². The van der Waals surface area contributed by atoms with Crippen LogP contribution in [-0.2, 0) is 17.9 Å². The van der Waals surface area contributed by atoms with Gasteiger partial charge in [-0.1, -0.05) is 12.1 Å². The Kier molecular flexibility index (Phi) is 6.51. The Morgan fingerprint density at radius 3 is 2.55 bits per heavy atom. The van der Waals surface area contributed by atoms with Gasteiger partial charge < -0.3 is 14.5 Å². The molecule has 2 saturated heterocycles. The number of carbonyl (C=O) groups excluding carboxylic acids is 2. The summed E-state index contributed by atoms with van der Waals surface area (Å²) in [6.45, 7) is 4.60. The molecule has 0 aromatic heterocycles. The Morgan fingerprint density at radius 1 is 1.03 bits per heavy atom. The predicted octanol–water partition coefficient (Wildman–Crippen LogP) is 2.91. The molecule has 2 aliphatic heterocycles. The van der Waals surface area contributed by atoms with Gasteiger partial charge in [0, 0.05) is 63.4 Å². The maximum atomic E-state index is 13.6. The summed E-state index contributed by atoms with van der Waals surface area (Å²) in [7, 11) is 1.58. The van der Waals surface area contributed by atoms with Crippen LogP contribution >= 0.6 is 0 Å². The molecule has 0 spiro atoms. The zero-order valence-electron chi connectivity index (χ0n) is 17.8. The van der Waals surface area contributed by atoms with Crippen molar-refractivity contribution in [2.75, 3.05) is 39.8 Å². The molecule has 7 heteroatoms. The van der Waals surface area contributed by atoms with Crippen LogP contribution in [0.15, 0.2) is 42.5 Å². The summed E-state index contributed by atoms with van der Waals surface area (Å²) in [6, 6.07) is 12.1. The van der Waals surface area contributed by atoms with Gasteiger partial charge in [-0.2, -0.15) is 0 Å². The van der Waals surface area contributed by atoms with Crippen molar-refractivity contribution >= 4 is 11.8 Å². The van der Waals surface area contributed by atoms with E-state index >= 15 is 0 Å². The fourth-order valence-corrected chi connectivity index (χ4v) is 4.30. The smallest absolute Gasteiger partial charge is 0.253 e. The van der Waals surface area contributed by atoms with Crippen LogP contribution in [0.2, 0.25) is 0 Å². The molecule has 4 rings (SSSR count). The molecule has 2 fully saturated rings. The third kappa shape index (κ3) is 5.05. The fraction of sp³-hybridized carbons (Fsp3) is 0.417. The second kappa shape index (κ2) is 9.47. The van der Waals surface area contributed by atoms with E-state index in [4.69, 9.17) is 4.74 Å². The number of carbonyl (C=O) groups is 2. The lowest BCUT2D eigenvalue weighted by molar-refractivity contribution is -0.128. The highest BCUT2D eigenvalue weighted by molar-refractivity contribution is 5.94. The van der Waals surface area contributed by atoms with E-state index < -0.39 is 0 Å². The normalized spacial score (nSPS) is 17.3. The van der Waals surface area contributed by atoms with E-state index in [2.05, 4.69) is 4.90 Å². The summed E-state index contributed by atoms with van der Waals surface area (Å²) in [6.07, 6.45) is 1.52. The first-order valence-corrected chi connectivity index (χ1v) is 10.7. The number of methoxy groups -OCH3 is 1. The zero-order valence-corrected chi connectivity index (χ0v) is 17.8. The number of hydrogen-bond acceptors (Lipinski definition) is 4. The molecule has 0 aliphatic carbocycles. The Hall–Kier alpha value is -2.93. The molecule has 0 N–H and O–H groups in total. The molecule has 2 aliphatic rings. The third-order valence-electron chi connectivity index (χ3n) is 6.01. The lowest BCUT2D eigenvalue weighted by Crippen LogP contribution is -2.48. The molecule has 2 amide bonds. The summed E-state index contributed by atoms with van der Waals surface area (Å²) >= 11 is 0. The van der Waals surface area contributed by atoms with Crippen LogP contribution in [0.5, 0.6) is 5.75 Å². The first-order chi connectivity index (χ1) is 15.0. The highest BCUT2D eigenvalue weighted by Gasteiger charge is 2.24. The number of halogens is 1. The number of ether oxygens (including phenoxy) is 1. The summed E-state index contributed by atoms with van der Waals surface area (Å²) in [5, 5.41) is 0. The highest BCUT2D eigenvalue weighted by atomic mass is 19.1. The molecule has 2 aromatic rings. The van der Waals surface area contributed by atoms with E-state index in [1.54, 1.807) is 13.2 Å². The monoisotopic (exact) mass is 425 g/mol. The average molecular weight is 426 g/mol. The van der Waals surface area contributed by atoms with Gasteiger partial charge in [0.2, 0.25) is 5.91 Å². The van der Waals surface area contributed by atoms with Crippen LogP contribution in [0, 0.1) is 5.82 Å². The second-order valence-corrected chi connectivity index (χ2v) is 8.14. The van der Waals surface area contributed by atoms with Gasteiger partial charge in [0.25, 0.3) is 5.91 Å². The van der Waals surface area contributed by atoms with Gasteiger partial charge in [-0.3, -0.25) is 14.5 Å². The van der Waals surface area contributed by atoms with Crippen molar-refractivity contribution in [3.8, 4) is 5.75 Å². The number of hydrogen-bond donors (Lipinski definition) is 0. The SMILES string of the molecule is COc1ccc(F)cc1CN1CCN(C(=O)c2cccc(CN3CCCC3=O)c2)CC1. The summed E-state index contributed by atoms with van der Waals surface area (Å²) in [5.41, 5.74) is 2.45. The molecule has 0 atom stereocenters. The van der Waals surface area contributed by atoms with E-state index in [1.165, 1.54) is 12.1 Å². The Morgan fingerprint density at radius 2 is 1.84 bits per heavy atom. The molecule has 6 nitrogen and oxygen atoms in total.